The Morgan fingerprint density at radius 3 is 2.00 bits per heavy atom. The average molecular weight is 382 g/mol. The van der Waals surface area contributed by atoms with Gasteiger partial charge in [0.15, 0.2) is 0 Å². The van der Waals surface area contributed by atoms with Gasteiger partial charge in [0.25, 0.3) is 0 Å². The van der Waals surface area contributed by atoms with Gasteiger partial charge in [-0.2, -0.15) is 0 Å². The average Bonchev–Trinajstić information content (AvgIpc) is 2.82. The molecule has 2 nitrogen and oxygen atoms in total. The molecule has 2 heterocycles. The fourth-order valence-corrected chi connectivity index (χ4v) is 4.39. The smallest absolute Gasteiger partial charge is 0.0793 e. The van der Waals surface area contributed by atoms with Crippen molar-refractivity contribution in [3.63, 3.8) is 0 Å². The number of hydrogen-bond donors (Lipinski definition) is 0. The number of fused-ring (bicyclic) bond motifs is 3. The summed E-state index contributed by atoms with van der Waals surface area (Å²) in [5.41, 5.74) is 5.47. The zero-order valence-electron chi connectivity index (χ0n) is 16.3. The van der Waals surface area contributed by atoms with Gasteiger partial charge in [-0.15, -0.1) is 0 Å². The third-order valence-electron chi connectivity index (χ3n) is 5.73. The van der Waals surface area contributed by atoms with Gasteiger partial charge in [0.2, 0.25) is 0 Å². The molecule has 0 atom stereocenters. The zero-order valence-corrected chi connectivity index (χ0v) is 16.3. The number of nitrogens with zero attached hydrogens (tertiary/aromatic N) is 2. The summed E-state index contributed by atoms with van der Waals surface area (Å²) < 4.78 is 0. The van der Waals surface area contributed by atoms with Gasteiger partial charge in [-0.3, -0.25) is 9.97 Å². The lowest BCUT2D eigenvalue weighted by molar-refractivity contribution is 1.36. The Kier molecular flexibility index (Phi) is 3.82. The molecule has 0 aliphatic heterocycles. The SMILES string of the molecule is c1ccc(-c2c3ccccc3c(-c3cc4ccccc4cn3)c3cccnc23)cc1. The predicted molar refractivity (Wildman–Crippen MR) is 125 cm³/mol. The van der Waals surface area contributed by atoms with Gasteiger partial charge in [0, 0.05) is 34.3 Å². The first kappa shape index (κ1) is 16.9. The van der Waals surface area contributed by atoms with Crippen LogP contribution < -0.4 is 0 Å². The normalized spacial score (nSPS) is 11.3. The quantitative estimate of drug-likeness (QED) is 0.294. The lowest BCUT2D eigenvalue weighted by Crippen LogP contribution is -1.93. The minimum atomic E-state index is 0.975. The van der Waals surface area contributed by atoms with E-state index in [9.17, 15) is 0 Å². The number of aromatic nitrogens is 2. The molecule has 0 amide bonds. The second kappa shape index (κ2) is 6.78. The van der Waals surface area contributed by atoms with Crippen molar-refractivity contribution in [3.8, 4) is 22.4 Å². The van der Waals surface area contributed by atoms with Crippen molar-refractivity contribution in [1.82, 2.24) is 9.97 Å². The van der Waals surface area contributed by atoms with E-state index < -0.39 is 0 Å². The third kappa shape index (κ3) is 2.58. The Morgan fingerprint density at radius 1 is 0.500 bits per heavy atom. The highest BCUT2D eigenvalue weighted by molar-refractivity contribution is 6.20. The van der Waals surface area contributed by atoms with E-state index in [1.54, 1.807) is 0 Å². The largest absolute Gasteiger partial charge is 0.256 e. The van der Waals surface area contributed by atoms with Gasteiger partial charge in [0.1, 0.15) is 0 Å². The summed E-state index contributed by atoms with van der Waals surface area (Å²) in [5, 5.41) is 5.85. The van der Waals surface area contributed by atoms with Gasteiger partial charge < -0.3 is 0 Å². The number of rotatable bonds is 2. The lowest BCUT2D eigenvalue weighted by Gasteiger charge is -2.16. The number of pyridine rings is 2. The summed E-state index contributed by atoms with van der Waals surface area (Å²) in [6, 6.07) is 33.8. The van der Waals surface area contributed by atoms with Crippen LogP contribution in [0.1, 0.15) is 0 Å². The highest BCUT2D eigenvalue weighted by atomic mass is 14.7. The highest BCUT2D eigenvalue weighted by Gasteiger charge is 2.17. The van der Waals surface area contributed by atoms with Gasteiger partial charge in [-0.1, -0.05) is 84.9 Å². The molecule has 6 aromatic rings. The summed E-state index contributed by atoms with van der Waals surface area (Å²) in [6.45, 7) is 0. The molecule has 0 bridgehead atoms. The minimum absolute atomic E-state index is 0.975. The number of benzene rings is 4. The standard InChI is InChI=1S/C28H18N2/c1-2-9-19(10-3-1)26-22-13-6-7-14-23(22)27(24-15-8-16-29-28(24)26)25-17-20-11-4-5-12-21(20)18-30-25/h1-18H. The maximum atomic E-state index is 4.85. The second-order valence-electron chi connectivity index (χ2n) is 7.48. The Labute approximate surface area is 174 Å². The summed E-state index contributed by atoms with van der Waals surface area (Å²) in [4.78, 5) is 9.68. The van der Waals surface area contributed by atoms with Crippen molar-refractivity contribution in [1.29, 1.82) is 0 Å². The summed E-state index contributed by atoms with van der Waals surface area (Å²) >= 11 is 0. The first-order valence-electron chi connectivity index (χ1n) is 10.1. The van der Waals surface area contributed by atoms with E-state index in [4.69, 9.17) is 9.97 Å². The van der Waals surface area contributed by atoms with Gasteiger partial charge in [-0.05, 0) is 33.9 Å². The number of hydrogen-bond acceptors (Lipinski definition) is 2. The molecule has 140 valence electrons. The second-order valence-corrected chi connectivity index (χ2v) is 7.48. The summed E-state index contributed by atoms with van der Waals surface area (Å²) in [7, 11) is 0. The first-order valence-corrected chi connectivity index (χ1v) is 10.1. The van der Waals surface area contributed by atoms with Crippen molar-refractivity contribution in [3.05, 3.63) is 109 Å². The van der Waals surface area contributed by atoms with Crippen LogP contribution in [-0.4, -0.2) is 9.97 Å². The van der Waals surface area contributed by atoms with Crippen molar-refractivity contribution in [2.45, 2.75) is 0 Å². The highest BCUT2D eigenvalue weighted by Crippen LogP contribution is 2.42. The molecule has 0 saturated carbocycles. The van der Waals surface area contributed by atoms with Crippen LogP contribution in [0.25, 0.3) is 54.8 Å². The Morgan fingerprint density at radius 2 is 1.17 bits per heavy atom. The molecule has 0 spiro atoms. The van der Waals surface area contributed by atoms with E-state index in [2.05, 4.69) is 84.9 Å². The fourth-order valence-electron chi connectivity index (χ4n) is 4.39. The maximum absolute atomic E-state index is 4.85. The Bertz CT molecular complexity index is 1480. The molecule has 30 heavy (non-hydrogen) atoms. The predicted octanol–water partition coefficient (Wildman–Crippen LogP) is 7.27. The van der Waals surface area contributed by atoms with E-state index in [1.807, 2.05) is 24.5 Å². The first-order chi connectivity index (χ1) is 14.9. The molecular formula is C28H18N2. The van der Waals surface area contributed by atoms with Gasteiger partial charge in [0.05, 0.1) is 11.2 Å². The topological polar surface area (TPSA) is 25.8 Å². The Balaban J connectivity index is 1.79. The summed E-state index contributed by atoms with van der Waals surface area (Å²) in [5.74, 6) is 0. The van der Waals surface area contributed by atoms with Crippen LogP contribution in [0.3, 0.4) is 0 Å². The molecule has 0 saturated heterocycles. The molecule has 4 aromatic carbocycles. The minimum Gasteiger partial charge on any atom is -0.256 e. The molecule has 0 N–H and O–H groups in total. The Hall–Kier alpha value is -4.04. The van der Waals surface area contributed by atoms with E-state index in [-0.39, 0.29) is 0 Å². The zero-order chi connectivity index (χ0) is 19.9. The van der Waals surface area contributed by atoms with E-state index >= 15 is 0 Å². The molecule has 0 radical (unpaired) electrons. The molecule has 2 heteroatoms. The van der Waals surface area contributed by atoms with E-state index in [0.29, 0.717) is 0 Å². The molecule has 0 unspecified atom stereocenters. The van der Waals surface area contributed by atoms with Crippen molar-refractivity contribution in [2.75, 3.05) is 0 Å². The van der Waals surface area contributed by atoms with Crippen LogP contribution in [0.15, 0.2) is 109 Å². The fraction of sp³-hybridized carbons (Fsp3) is 0. The monoisotopic (exact) mass is 382 g/mol. The lowest BCUT2D eigenvalue weighted by atomic mass is 9.89. The van der Waals surface area contributed by atoms with E-state index in [1.165, 1.54) is 27.3 Å². The summed E-state index contributed by atoms with van der Waals surface area (Å²) in [6.07, 6.45) is 3.84. The molecule has 2 aromatic heterocycles. The van der Waals surface area contributed by atoms with Crippen LogP contribution in [0.2, 0.25) is 0 Å². The molecule has 0 aliphatic carbocycles. The van der Waals surface area contributed by atoms with Crippen molar-refractivity contribution in [2.24, 2.45) is 0 Å². The van der Waals surface area contributed by atoms with Gasteiger partial charge in [-0.25, -0.2) is 0 Å². The van der Waals surface area contributed by atoms with Crippen molar-refractivity contribution >= 4 is 32.4 Å². The van der Waals surface area contributed by atoms with Gasteiger partial charge >= 0.3 is 0 Å². The van der Waals surface area contributed by atoms with Crippen LogP contribution in [0.5, 0.6) is 0 Å². The van der Waals surface area contributed by atoms with Crippen LogP contribution in [0.4, 0.5) is 0 Å². The molecule has 0 aliphatic rings. The molecule has 6 rings (SSSR count). The van der Waals surface area contributed by atoms with Crippen molar-refractivity contribution < 1.29 is 0 Å². The van der Waals surface area contributed by atoms with Crippen LogP contribution in [0, 0.1) is 0 Å². The third-order valence-corrected chi connectivity index (χ3v) is 5.73. The molecule has 0 fully saturated rings. The van der Waals surface area contributed by atoms with Crippen LogP contribution >= 0.6 is 0 Å². The van der Waals surface area contributed by atoms with Crippen LogP contribution in [-0.2, 0) is 0 Å². The maximum Gasteiger partial charge on any atom is 0.0793 e. The molecular weight excluding hydrogens is 364 g/mol. The van der Waals surface area contributed by atoms with E-state index in [0.717, 1.165) is 27.5 Å².